The third kappa shape index (κ3) is 5.14. The largest absolute Gasteiger partial charge is 0.462 e. The first-order valence-corrected chi connectivity index (χ1v) is 11.4. The highest BCUT2D eigenvalue weighted by Gasteiger charge is 2.44. The van der Waals surface area contributed by atoms with E-state index in [1.54, 1.807) is 12.1 Å². The van der Waals surface area contributed by atoms with Gasteiger partial charge in [0.1, 0.15) is 30.2 Å². The molecular weight excluding hydrogens is 436 g/mol. The van der Waals surface area contributed by atoms with E-state index >= 15 is 0 Å². The van der Waals surface area contributed by atoms with Crippen LogP contribution in [0.15, 0.2) is 60.7 Å². The van der Waals surface area contributed by atoms with Crippen molar-refractivity contribution in [1.29, 1.82) is 0 Å². The first kappa shape index (κ1) is 24.3. The van der Waals surface area contributed by atoms with Gasteiger partial charge < -0.3 is 29.9 Å². The van der Waals surface area contributed by atoms with E-state index in [9.17, 15) is 25.2 Å². The van der Waals surface area contributed by atoms with Crippen LogP contribution in [0, 0.1) is 5.92 Å². The Kier molecular flexibility index (Phi) is 7.30. The summed E-state index contributed by atoms with van der Waals surface area (Å²) in [6, 6.07) is 19.2. The molecule has 3 aromatic carbocycles. The van der Waals surface area contributed by atoms with Crippen LogP contribution >= 0.6 is 0 Å². The summed E-state index contributed by atoms with van der Waals surface area (Å²) < 4.78 is 11.1. The average molecular weight is 467 g/mol. The van der Waals surface area contributed by atoms with Gasteiger partial charge in [-0.25, -0.2) is 0 Å². The van der Waals surface area contributed by atoms with Crippen LogP contribution in [0.4, 0.5) is 0 Å². The topological polar surface area (TPSA) is 116 Å². The molecule has 7 heteroatoms. The number of ether oxygens (including phenoxy) is 2. The Morgan fingerprint density at radius 3 is 2.35 bits per heavy atom. The summed E-state index contributed by atoms with van der Waals surface area (Å²) in [5, 5.41) is 41.3. The minimum atomic E-state index is -1.49. The van der Waals surface area contributed by atoms with Crippen molar-refractivity contribution in [3.8, 4) is 5.75 Å². The van der Waals surface area contributed by atoms with Crippen molar-refractivity contribution in [1.82, 2.24) is 0 Å². The number of hydrogen-bond donors (Lipinski definition) is 4. The molecule has 1 fully saturated rings. The summed E-state index contributed by atoms with van der Waals surface area (Å²) in [4.78, 5) is 12.3. The van der Waals surface area contributed by atoms with Crippen molar-refractivity contribution < 1.29 is 34.7 Å². The zero-order valence-corrected chi connectivity index (χ0v) is 19.2. The second kappa shape index (κ2) is 10.2. The number of hydrogen-bond acceptors (Lipinski definition) is 7. The first-order chi connectivity index (χ1) is 16.3. The second-order valence-electron chi connectivity index (χ2n) is 9.05. The fraction of sp³-hybridized carbons (Fsp3) is 0.370. The van der Waals surface area contributed by atoms with Crippen LogP contribution in [-0.4, -0.2) is 63.5 Å². The van der Waals surface area contributed by atoms with E-state index in [0.717, 1.165) is 27.5 Å². The van der Waals surface area contributed by atoms with Gasteiger partial charge in [0.2, 0.25) is 6.29 Å². The van der Waals surface area contributed by atoms with Crippen LogP contribution < -0.4 is 4.74 Å². The van der Waals surface area contributed by atoms with Gasteiger partial charge in [0.25, 0.3) is 0 Å². The fourth-order valence-electron chi connectivity index (χ4n) is 4.16. The Balaban J connectivity index is 1.49. The van der Waals surface area contributed by atoms with Crippen molar-refractivity contribution in [3.63, 3.8) is 0 Å². The lowest BCUT2D eigenvalue weighted by Gasteiger charge is -2.39. The molecule has 0 aromatic heterocycles. The predicted molar refractivity (Wildman–Crippen MR) is 127 cm³/mol. The van der Waals surface area contributed by atoms with Crippen LogP contribution in [-0.2, 0) is 11.2 Å². The summed E-state index contributed by atoms with van der Waals surface area (Å²) in [6.45, 7) is 3.28. The van der Waals surface area contributed by atoms with Gasteiger partial charge in [-0.05, 0) is 46.5 Å². The molecule has 1 saturated heterocycles. The Morgan fingerprint density at radius 2 is 1.62 bits per heavy atom. The molecule has 5 atom stereocenters. The zero-order chi connectivity index (χ0) is 24.4. The zero-order valence-electron chi connectivity index (χ0n) is 19.2. The standard InChI is InChI=1S/C27H30O7/c1-15(2)23(29)20-5-3-4-16(12-20)10-17-6-7-19-13-21(9-8-18(19)11-17)33-27-26(32)25(31)24(30)22(14-28)34-27/h3-9,11-13,15,22,24-28,30-32H,10,14H2,1-2H3/t22-,24+,25+,26-,27-/m1/s1. The molecule has 0 aliphatic carbocycles. The number of aliphatic hydroxyl groups excluding tert-OH is 4. The van der Waals surface area contributed by atoms with Crippen LogP contribution in [0.2, 0.25) is 0 Å². The molecule has 4 N–H and O–H groups in total. The molecule has 1 aliphatic heterocycles. The number of benzene rings is 3. The number of rotatable bonds is 7. The smallest absolute Gasteiger partial charge is 0.229 e. The number of fused-ring (bicyclic) bond motifs is 1. The van der Waals surface area contributed by atoms with Crippen LogP contribution in [0.25, 0.3) is 10.8 Å². The Labute approximate surface area is 198 Å². The van der Waals surface area contributed by atoms with Crippen molar-refractivity contribution in [3.05, 3.63) is 77.4 Å². The van der Waals surface area contributed by atoms with E-state index in [4.69, 9.17) is 9.47 Å². The lowest BCUT2D eigenvalue weighted by atomic mass is 9.96. The molecule has 0 amide bonds. The molecule has 1 heterocycles. The van der Waals surface area contributed by atoms with Gasteiger partial charge in [-0.1, -0.05) is 56.3 Å². The summed E-state index contributed by atoms with van der Waals surface area (Å²) in [7, 11) is 0. The minimum absolute atomic E-state index is 0.0460. The van der Waals surface area contributed by atoms with Gasteiger partial charge >= 0.3 is 0 Å². The molecule has 0 spiro atoms. The normalized spacial score (nSPS) is 25.0. The lowest BCUT2D eigenvalue weighted by Crippen LogP contribution is -2.60. The van der Waals surface area contributed by atoms with Gasteiger partial charge in [-0.3, -0.25) is 4.79 Å². The summed E-state index contributed by atoms with van der Waals surface area (Å²) in [5.41, 5.74) is 2.89. The molecule has 0 bridgehead atoms. The summed E-state index contributed by atoms with van der Waals surface area (Å²) in [6.07, 6.45) is -5.95. The fourth-order valence-corrected chi connectivity index (χ4v) is 4.16. The third-order valence-corrected chi connectivity index (χ3v) is 6.12. The van der Waals surface area contributed by atoms with E-state index in [0.29, 0.717) is 12.2 Å². The molecule has 1 aliphatic rings. The van der Waals surface area contributed by atoms with Crippen LogP contribution in [0.3, 0.4) is 0 Å². The maximum Gasteiger partial charge on any atom is 0.229 e. The Hall–Kier alpha value is -2.81. The molecule has 0 unspecified atom stereocenters. The molecule has 4 rings (SSSR count). The van der Waals surface area contributed by atoms with Gasteiger partial charge in [0.05, 0.1) is 6.61 Å². The van der Waals surface area contributed by atoms with E-state index in [1.165, 1.54) is 0 Å². The lowest BCUT2D eigenvalue weighted by molar-refractivity contribution is -0.277. The van der Waals surface area contributed by atoms with Crippen molar-refractivity contribution in [2.45, 2.75) is 51.0 Å². The maximum atomic E-state index is 12.3. The number of carbonyl (C=O) groups excluding carboxylic acids is 1. The van der Waals surface area contributed by atoms with Crippen molar-refractivity contribution in [2.24, 2.45) is 5.92 Å². The molecule has 34 heavy (non-hydrogen) atoms. The predicted octanol–water partition coefficient (Wildman–Crippen LogP) is 2.45. The first-order valence-electron chi connectivity index (χ1n) is 11.4. The van der Waals surface area contributed by atoms with Gasteiger partial charge in [0.15, 0.2) is 5.78 Å². The van der Waals surface area contributed by atoms with Crippen molar-refractivity contribution >= 4 is 16.6 Å². The molecule has 7 nitrogen and oxygen atoms in total. The quantitative estimate of drug-likeness (QED) is 0.395. The van der Waals surface area contributed by atoms with E-state index in [-0.39, 0.29) is 11.7 Å². The van der Waals surface area contributed by atoms with E-state index in [1.807, 2.05) is 56.3 Å². The number of carbonyl (C=O) groups is 1. The average Bonchev–Trinajstić information content (AvgIpc) is 2.84. The van der Waals surface area contributed by atoms with Gasteiger partial charge in [-0.2, -0.15) is 0 Å². The molecule has 3 aromatic rings. The maximum absolute atomic E-state index is 12.3. The van der Waals surface area contributed by atoms with Crippen LogP contribution in [0.5, 0.6) is 5.75 Å². The third-order valence-electron chi connectivity index (χ3n) is 6.12. The van der Waals surface area contributed by atoms with Gasteiger partial charge in [0, 0.05) is 11.5 Å². The number of Topliss-reactive ketones (excluding diaryl/α,β-unsaturated/α-hetero) is 1. The summed E-state index contributed by atoms with van der Waals surface area (Å²) >= 11 is 0. The molecule has 0 saturated carbocycles. The van der Waals surface area contributed by atoms with Crippen molar-refractivity contribution in [2.75, 3.05) is 6.61 Å². The second-order valence-corrected chi connectivity index (χ2v) is 9.05. The highest BCUT2D eigenvalue weighted by atomic mass is 16.7. The Morgan fingerprint density at radius 1 is 0.912 bits per heavy atom. The number of aliphatic hydroxyl groups is 4. The summed E-state index contributed by atoms with van der Waals surface area (Å²) in [5.74, 6) is 0.507. The molecule has 180 valence electrons. The number of ketones is 1. The van der Waals surface area contributed by atoms with Gasteiger partial charge in [-0.15, -0.1) is 0 Å². The monoisotopic (exact) mass is 466 g/mol. The molecule has 0 radical (unpaired) electrons. The Bertz CT molecular complexity index is 1160. The van der Waals surface area contributed by atoms with E-state index in [2.05, 4.69) is 6.07 Å². The highest BCUT2D eigenvalue weighted by Crippen LogP contribution is 2.28. The van der Waals surface area contributed by atoms with Crippen LogP contribution in [0.1, 0.15) is 35.3 Å². The SMILES string of the molecule is CC(C)C(=O)c1cccc(Cc2ccc3cc(O[C@@H]4O[C@H](CO)[C@H](O)[C@H](O)[C@H]4O)ccc3c2)c1. The molecular formula is C27H30O7. The van der Waals surface area contributed by atoms with E-state index < -0.39 is 37.3 Å². The minimum Gasteiger partial charge on any atom is -0.462 e. The highest BCUT2D eigenvalue weighted by molar-refractivity contribution is 5.97.